The number of ether oxygens (including phenoxy) is 3. The van der Waals surface area contributed by atoms with Crippen molar-refractivity contribution in [2.24, 2.45) is 0 Å². The highest BCUT2D eigenvalue weighted by Crippen LogP contribution is 2.32. The number of hydrogen-bond donors (Lipinski definition) is 0. The van der Waals surface area contributed by atoms with E-state index in [1.165, 1.54) is 27.8 Å². The molecule has 2 aromatic carbocycles. The number of thiazole rings is 1. The molecule has 0 spiro atoms. The minimum absolute atomic E-state index is 0.0829. The Balaban J connectivity index is 1.35. The number of nitrogens with zero attached hydrogens (tertiary/aromatic N) is 4. The summed E-state index contributed by atoms with van der Waals surface area (Å²) in [6.45, 7) is 5.51. The Morgan fingerprint density at radius 3 is 2.62 bits per heavy atom. The van der Waals surface area contributed by atoms with E-state index in [2.05, 4.69) is 4.90 Å². The van der Waals surface area contributed by atoms with Crippen molar-refractivity contribution in [3.05, 3.63) is 48.0 Å². The predicted octanol–water partition coefficient (Wildman–Crippen LogP) is 3.47. The number of rotatable bonds is 11. The third-order valence-corrected chi connectivity index (χ3v) is 10.2. The molecule has 2 fully saturated rings. The van der Waals surface area contributed by atoms with Crippen LogP contribution in [-0.2, 0) is 19.5 Å². The molecule has 2 saturated heterocycles. The van der Waals surface area contributed by atoms with Crippen LogP contribution in [0.2, 0.25) is 0 Å². The first-order valence-corrected chi connectivity index (χ1v) is 15.9. The van der Waals surface area contributed by atoms with Crippen molar-refractivity contribution >= 4 is 42.6 Å². The zero-order valence-corrected chi connectivity index (χ0v) is 24.6. The lowest BCUT2D eigenvalue weighted by atomic mass is 10.2. The van der Waals surface area contributed by atoms with E-state index in [0.717, 1.165) is 68.1 Å². The molecule has 0 aliphatic carbocycles. The van der Waals surface area contributed by atoms with Gasteiger partial charge in [0.2, 0.25) is 10.0 Å². The number of carbonyl (C=O) groups excluding carboxylic acids is 1. The van der Waals surface area contributed by atoms with Gasteiger partial charge in [0.25, 0.3) is 5.91 Å². The smallest absolute Gasteiger partial charge is 0.260 e. The summed E-state index contributed by atoms with van der Waals surface area (Å²) in [6.07, 6.45) is 2.49. The van der Waals surface area contributed by atoms with E-state index < -0.39 is 10.0 Å². The van der Waals surface area contributed by atoms with Crippen LogP contribution in [-0.4, -0.2) is 101 Å². The molecular formula is C28H36N4O6S2. The van der Waals surface area contributed by atoms with E-state index >= 15 is 0 Å². The van der Waals surface area contributed by atoms with Gasteiger partial charge < -0.3 is 14.2 Å². The first-order chi connectivity index (χ1) is 19.3. The lowest BCUT2D eigenvalue weighted by Gasteiger charge is -2.27. The molecule has 40 heavy (non-hydrogen) atoms. The molecule has 12 heteroatoms. The maximum absolute atomic E-state index is 13.8. The fraction of sp³-hybridized carbons (Fsp3) is 0.500. The second kappa shape index (κ2) is 12.9. The first-order valence-electron chi connectivity index (χ1n) is 13.6. The first kappa shape index (κ1) is 28.9. The monoisotopic (exact) mass is 588 g/mol. The van der Waals surface area contributed by atoms with Gasteiger partial charge in [0.05, 0.1) is 41.5 Å². The molecular weight excluding hydrogens is 552 g/mol. The van der Waals surface area contributed by atoms with Gasteiger partial charge in [-0.2, -0.15) is 4.31 Å². The Kier molecular flexibility index (Phi) is 9.34. The summed E-state index contributed by atoms with van der Waals surface area (Å²) >= 11 is 1.44. The fourth-order valence-corrected chi connectivity index (χ4v) is 7.20. The second-order valence-corrected chi connectivity index (χ2v) is 13.1. The van der Waals surface area contributed by atoms with Crippen molar-refractivity contribution in [3.8, 4) is 5.75 Å². The van der Waals surface area contributed by atoms with Gasteiger partial charge in [-0.05, 0) is 61.7 Å². The molecule has 3 aromatic rings. The van der Waals surface area contributed by atoms with E-state index in [9.17, 15) is 13.2 Å². The van der Waals surface area contributed by atoms with Gasteiger partial charge in [-0.3, -0.25) is 14.6 Å². The molecule has 0 N–H and O–H groups in total. The fourth-order valence-electron chi connectivity index (χ4n) is 4.97. The number of aromatic nitrogens is 1. The van der Waals surface area contributed by atoms with Gasteiger partial charge in [-0.25, -0.2) is 13.4 Å². The van der Waals surface area contributed by atoms with E-state index in [1.54, 1.807) is 31.2 Å². The minimum Gasteiger partial charge on any atom is -0.497 e. The predicted molar refractivity (Wildman–Crippen MR) is 155 cm³/mol. The van der Waals surface area contributed by atoms with Gasteiger partial charge in [0, 0.05) is 51.9 Å². The number of amides is 1. The molecule has 2 aliphatic rings. The number of methoxy groups -OCH3 is 1. The second-order valence-electron chi connectivity index (χ2n) is 10.0. The number of morpholine rings is 1. The summed E-state index contributed by atoms with van der Waals surface area (Å²) in [5.41, 5.74) is 1.20. The Morgan fingerprint density at radius 2 is 1.93 bits per heavy atom. The van der Waals surface area contributed by atoms with Crippen LogP contribution in [0.4, 0.5) is 5.13 Å². The molecule has 5 rings (SSSR count). The standard InChI is InChI=1S/C28H36N4O6S2/c1-30(20-23-5-3-16-38-23)40(34,35)24-9-6-21(7-10-24)27(33)32(13-4-12-31-14-17-37-18-15-31)28-29-25-11-8-22(36-2)19-26(25)39-28/h6-11,19,23H,3-5,12-18,20H2,1-2H3. The number of fused-ring (bicyclic) bond motifs is 1. The lowest BCUT2D eigenvalue weighted by molar-refractivity contribution is 0.0376. The van der Waals surface area contributed by atoms with E-state index in [4.69, 9.17) is 19.2 Å². The van der Waals surface area contributed by atoms with Crippen LogP contribution in [0.15, 0.2) is 47.4 Å². The summed E-state index contributed by atoms with van der Waals surface area (Å²) in [4.78, 5) is 22.7. The SMILES string of the molecule is COc1ccc2nc(N(CCCN3CCOCC3)C(=O)c3ccc(S(=O)(=O)N(C)CC4CCCO4)cc3)sc2c1. The number of sulfonamides is 1. The van der Waals surface area contributed by atoms with Crippen molar-refractivity contribution in [2.75, 3.05) is 71.6 Å². The summed E-state index contributed by atoms with van der Waals surface area (Å²) in [5.74, 6) is 0.513. The summed E-state index contributed by atoms with van der Waals surface area (Å²) in [7, 11) is -0.518. The number of carbonyl (C=O) groups is 1. The average molecular weight is 589 g/mol. The maximum atomic E-state index is 13.8. The average Bonchev–Trinajstić information content (AvgIpc) is 3.65. The van der Waals surface area contributed by atoms with Gasteiger partial charge in [0.15, 0.2) is 5.13 Å². The highest BCUT2D eigenvalue weighted by atomic mass is 32.2. The third-order valence-electron chi connectivity index (χ3n) is 7.31. The third kappa shape index (κ3) is 6.64. The molecule has 10 nitrogen and oxygen atoms in total. The molecule has 0 bridgehead atoms. The lowest BCUT2D eigenvalue weighted by Crippen LogP contribution is -2.39. The normalized spacial score (nSPS) is 18.4. The molecule has 3 heterocycles. The van der Waals surface area contributed by atoms with Crippen LogP contribution in [0.25, 0.3) is 10.2 Å². The Bertz CT molecular complexity index is 1400. The Labute approximate surface area is 239 Å². The van der Waals surface area contributed by atoms with E-state index in [-0.39, 0.29) is 16.9 Å². The number of hydrogen-bond acceptors (Lipinski definition) is 9. The number of anilines is 1. The van der Waals surface area contributed by atoms with Crippen molar-refractivity contribution in [2.45, 2.75) is 30.3 Å². The molecule has 2 aliphatic heterocycles. The van der Waals surface area contributed by atoms with Crippen LogP contribution < -0.4 is 9.64 Å². The highest BCUT2D eigenvalue weighted by Gasteiger charge is 2.27. The molecule has 1 atom stereocenters. The molecule has 216 valence electrons. The van der Waals surface area contributed by atoms with Crippen LogP contribution in [0, 0.1) is 0 Å². The van der Waals surface area contributed by atoms with Gasteiger partial charge in [-0.15, -0.1) is 0 Å². The van der Waals surface area contributed by atoms with Crippen molar-refractivity contribution in [1.29, 1.82) is 0 Å². The van der Waals surface area contributed by atoms with Gasteiger partial charge in [0.1, 0.15) is 5.75 Å². The molecule has 1 unspecified atom stereocenters. The van der Waals surface area contributed by atoms with Gasteiger partial charge >= 0.3 is 0 Å². The minimum atomic E-state index is -3.70. The summed E-state index contributed by atoms with van der Waals surface area (Å²) < 4.78 is 44.9. The topological polar surface area (TPSA) is 102 Å². The van der Waals surface area contributed by atoms with Crippen LogP contribution in [0.1, 0.15) is 29.6 Å². The zero-order chi connectivity index (χ0) is 28.1. The maximum Gasteiger partial charge on any atom is 0.260 e. The highest BCUT2D eigenvalue weighted by molar-refractivity contribution is 7.89. The summed E-state index contributed by atoms with van der Waals surface area (Å²) in [6, 6.07) is 11.8. The Morgan fingerprint density at radius 1 is 1.15 bits per heavy atom. The van der Waals surface area contributed by atoms with E-state index in [1.807, 2.05) is 18.2 Å². The van der Waals surface area contributed by atoms with Crippen molar-refractivity contribution in [3.63, 3.8) is 0 Å². The quantitative estimate of drug-likeness (QED) is 0.336. The molecule has 0 saturated carbocycles. The number of benzene rings is 2. The molecule has 1 aromatic heterocycles. The van der Waals surface area contributed by atoms with Crippen molar-refractivity contribution in [1.82, 2.24) is 14.2 Å². The van der Waals surface area contributed by atoms with Crippen LogP contribution in [0.3, 0.4) is 0 Å². The van der Waals surface area contributed by atoms with Crippen LogP contribution in [0.5, 0.6) is 5.75 Å². The molecule has 0 radical (unpaired) electrons. The molecule has 1 amide bonds. The van der Waals surface area contributed by atoms with Gasteiger partial charge in [-0.1, -0.05) is 11.3 Å². The number of likely N-dealkylation sites (N-methyl/N-ethyl adjacent to an activating group) is 1. The summed E-state index contributed by atoms with van der Waals surface area (Å²) in [5, 5.41) is 0.600. The van der Waals surface area contributed by atoms with Crippen LogP contribution >= 0.6 is 11.3 Å². The van der Waals surface area contributed by atoms with E-state index in [0.29, 0.717) is 30.4 Å². The zero-order valence-electron chi connectivity index (χ0n) is 23.0. The largest absolute Gasteiger partial charge is 0.497 e. The Hall–Kier alpha value is -2.61. The van der Waals surface area contributed by atoms with Crippen molar-refractivity contribution < 1.29 is 27.4 Å².